The van der Waals surface area contributed by atoms with E-state index in [1.54, 1.807) is 6.20 Å². The molecule has 29 heavy (non-hydrogen) atoms. The number of benzene rings is 1. The predicted octanol–water partition coefficient (Wildman–Crippen LogP) is 2.09. The molecule has 2 aliphatic heterocycles. The number of carbonyl (C=O) groups is 2. The normalized spacial score (nSPS) is 20.1. The van der Waals surface area contributed by atoms with Crippen LogP contribution < -0.4 is 5.32 Å². The van der Waals surface area contributed by atoms with E-state index in [1.807, 2.05) is 41.3 Å². The maximum atomic E-state index is 12.9. The Bertz CT molecular complexity index is 882. The molecule has 1 aromatic carbocycles. The highest BCUT2D eigenvalue weighted by atomic mass is 16.2. The third-order valence-electron chi connectivity index (χ3n) is 5.61. The van der Waals surface area contributed by atoms with E-state index in [2.05, 4.69) is 33.4 Å². The van der Waals surface area contributed by atoms with Gasteiger partial charge in [-0.15, -0.1) is 0 Å². The Balaban J connectivity index is 1.39. The van der Waals surface area contributed by atoms with Crippen LogP contribution in [0, 0.1) is 0 Å². The summed E-state index contributed by atoms with van der Waals surface area (Å²) in [5.41, 5.74) is 3.41. The van der Waals surface area contributed by atoms with Gasteiger partial charge in [-0.1, -0.05) is 42.5 Å². The maximum Gasteiger partial charge on any atom is 0.237 e. The van der Waals surface area contributed by atoms with Crippen molar-refractivity contribution in [2.24, 2.45) is 0 Å². The van der Waals surface area contributed by atoms with Crippen molar-refractivity contribution in [3.63, 3.8) is 0 Å². The van der Waals surface area contributed by atoms with Gasteiger partial charge in [-0.3, -0.25) is 19.5 Å². The first-order valence-electron chi connectivity index (χ1n) is 10.1. The van der Waals surface area contributed by atoms with Crippen LogP contribution in [0.25, 0.3) is 5.57 Å². The van der Waals surface area contributed by atoms with Gasteiger partial charge in [0.05, 0.1) is 18.2 Å². The van der Waals surface area contributed by atoms with E-state index < -0.39 is 6.04 Å². The van der Waals surface area contributed by atoms with E-state index in [0.29, 0.717) is 26.2 Å². The number of pyridine rings is 1. The number of aromatic nitrogens is 1. The summed E-state index contributed by atoms with van der Waals surface area (Å²) in [5.74, 6) is -0.0421. The first-order chi connectivity index (χ1) is 14.2. The van der Waals surface area contributed by atoms with E-state index in [9.17, 15) is 9.59 Å². The molecule has 1 saturated heterocycles. The Kier molecular flexibility index (Phi) is 6.00. The minimum atomic E-state index is -0.447. The molecule has 1 aromatic heterocycles. The number of hydrogen-bond donors (Lipinski definition) is 1. The lowest BCUT2D eigenvalue weighted by Gasteiger charge is -2.36. The van der Waals surface area contributed by atoms with Gasteiger partial charge in [-0.2, -0.15) is 0 Å². The van der Waals surface area contributed by atoms with Crippen LogP contribution in [-0.4, -0.2) is 58.8 Å². The van der Waals surface area contributed by atoms with Crippen LogP contribution in [0.1, 0.15) is 24.1 Å². The summed E-state index contributed by atoms with van der Waals surface area (Å²) in [6.45, 7) is 3.18. The molecule has 2 aliphatic rings. The van der Waals surface area contributed by atoms with E-state index in [4.69, 9.17) is 0 Å². The standard InChI is InChI=1S/C23H26N4O2/c28-22(26-13-9-19(10-14-26)18-6-2-1-3-7-18)16-21-23(29)25-12-15-27(21)17-20-8-4-5-11-24-20/h1-9,11,21H,10,12-17H2,(H,25,29). The van der Waals surface area contributed by atoms with Crippen molar-refractivity contribution in [1.29, 1.82) is 0 Å². The molecule has 2 aromatic rings. The molecular formula is C23H26N4O2. The highest BCUT2D eigenvalue weighted by Crippen LogP contribution is 2.23. The van der Waals surface area contributed by atoms with E-state index in [1.165, 1.54) is 11.1 Å². The topological polar surface area (TPSA) is 65.5 Å². The summed E-state index contributed by atoms with van der Waals surface area (Å²) in [4.78, 5) is 33.7. The molecule has 0 spiro atoms. The molecule has 3 heterocycles. The Labute approximate surface area is 171 Å². The number of amides is 2. The average molecular weight is 390 g/mol. The molecule has 1 atom stereocenters. The highest BCUT2D eigenvalue weighted by molar-refractivity contribution is 5.89. The first kappa shape index (κ1) is 19.3. The van der Waals surface area contributed by atoms with Crippen LogP contribution >= 0.6 is 0 Å². The Morgan fingerprint density at radius 2 is 1.93 bits per heavy atom. The summed E-state index contributed by atoms with van der Waals surface area (Å²) in [6.07, 6.45) is 4.92. The monoisotopic (exact) mass is 390 g/mol. The summed E-state index contributed by atoms with van der Waals surface area (Å²) < 4.78 is 0. The van der Waals surface area contributed by atoms with Gasteiger partial charge in [-0.25, -0.2) is 0 Å². The van der Waals surface area contributed by atoms with Crippen LogP contribution in [0.2, 0.25) is 0 Å². The summed E-state index contributed by atoms with van der Waals surface area (Å²) in [6, 6.07) is 15.6. The van der Waals surface area contributed by atoms with Crippen molar-refractivity contribution in [3.05, 3.63) is 72.1 Å². The highest BCUT2D eigenvalue weighted by Gasteiger charge is 2.33. The SMILES string of the molecule is O=C1NCCN(Cc2ccccn2)C1CC(=O)N1CC=C(c2ccccc2)CC1. The van der Waals surface area contributed by atoms with Gasteiger partial charge in [0.25, 0.3) is 0 Å². The molecule has 1 unspecified atom stereocenters. The van der Waals surface area contributed by atoms with Crippen molar-refractivity contribution in [2.75, 3.05) is 26.2 Å². The zero-order chi connectivity index (χ0) is 20.1. The molecule has 150 valence electrons. The summed E-state index contributed by atoms with van der Waals surface area (Å²) in [7, 11) is 0. The fraction of sp³-hybridized carbons (Fsp3) is 0.348. The fourth-order valence-electron chi connectivity index (χ4n) is 3.98. The predicted molar refractivity (Wildman–Crippen MR) is 112 cm³/mol. The second kappa shape index (κ2) is 9.01. The number of hydrogen-bond acceptors (Lipinski definition) is 4. The van der Waals surface area contributed by atoms with Gasteiger partial charge in [0, 0.05) is 38.9 Å². The van der Waals surface area contributed by atoms with Crippen molar-refractivity contribution in [3.8, 4) is 0 Å². The van der Waals surface area contributed by atoms with Crippen molar-refractivity contribution < 1.29 is 9.59 Å². The van der Waals surface area contributed by atoms with Crippen molar-refractivity contribution in [1.82, 2.24) is 20.1 Å². The lowest BCUT2D eigenvalue weighted by atomic mass is 9.99. The molecule has 0 aliphatic carbocycles. The number of nitrogens with zero attached hydrogens (tertiary/aromatic N) is 3. The largest absolute Gasteiger partial charge is 0.353 e. The molecule has 1 N–H and O–H groups in total. The zero-order valence-corrected chi connectivity index (χ0v) is 16.5. The third kappa shape index (κ3) is 4.71. The van der Waals surface area contributed by atoms with Crippen LogP contribution in [0.4, 0.5) is 0 Å². The van der Waals surface area contributed by atoms with Gasteiger partial charge >= 0.3 is 0 Å². The van der Waals surface area contributed by atoms with Gasteiger partial charge < -0.3 is 10.2 Å². The smallest absolute Gasteiger partial charge is 0.237 e. The number of piperazine rings is 1. The van der Waals surface area contributed by atoms with Crippen molar-refractivity contribution in [2.45, 2.75) is 25.4 Å². The lowest BCUT2D eigenvalue weighted by Crippen LogP contribution is -2.56. The molecule has 0 saturated carbocycles. The van der Waals surface area contributed by atoms with Gasteiger partial charge in [0.15, 0.2) is 0 Å². The average Bonchev–Trinajstić information content (AvgIpc) is 2.77. The van der Waals surface area contributed by atoms with E-state index in [-0.39, 0.29) is 18.2 Å². The molecule has 4 rings (SSSR count). The van der Waals surface area contributed by atoms with Gasteiger partial charge in [-0.05, 0) is 29.7 Å². The summed E-state index contributed by atoms with van der Waals surface area (Å²) >= 11 is 0. The lowest BCUT2D eigenvalue weighted by molar-refractivity contribution is -0.138. The molecule has 0 radical (unpaired) electrons. The molecule has 6 heteroatoms. The molecular weight excluding hydrogens is 364 g/mol. The number of rotatable bonds is 5. The van der Waals surface area contributed by atoms with Gasteiger partial charge in [0.2, 0.25) is 11.8 Å². The molecule has 1 fully saturated rings. The third-order valence-corrected chi connectivity index (χ3v) is 5.61. The van der Waals surface area contributed by atoms with E-state index >= 15 is 0 Å². The van der Waals surface area contributed by atoms with Crippen LogP contribution in [0.5, 0.6) is 0 Å². The minimum Gasteiger partial charge on any atom is -0.353 e. The molecule has 2 amide bonds. The maximum absolute atomic E-state index is 12.9. The first-order valence-corrected chi connectivity index (χ1v) is 10.1. The van der Waals surface area contributed by atoms with Gasteiger partial charge in [0.1, 0.15) is 0 Å². The second-order valence-electron chi connectivity index (χ2n) is 7.49. The zero-order valence-electron chi connectivity index (χ0n) is 16.5. The second-order valence-corrected chi connectivity index (χ2v) is 7.49. The van der Waals surface area contributed by atoms with E-state index in [0.717, 1.165) is 18.7 Å². The summed E-state index contributed by atoms with van der Waals surface area (Å²) in [5, 5.41) is 2.90. The van der Waals surface area contributed by atoms with Crippen LogP contribution in [-0.2, 0) is 16.1 Å². The fourth-order valence-corrected chi connectivity index (χ4v) is 3.98. The quantitative estimate of drug-likeness (QED) is 0.849. The van der Waals surface area contributed by atoms with Crippen LogP contribution in [0.15, 0.2) is 60.8 Å². The number of carbonyl (C=O) groups excluding carboxylic acids is 2. The Hall–Kier alpha value is -2.99. The minimum absolute atomic E-state index is 0.0291. The number of nitrogens with one attached hydrogen (secondary N) is 1. The Morgan fingerprint density at radius 1 is 1.10 bits per heavy atom. The molecule has 0 bridgehead atoms. The Morgan fingerprint density at radius 3 is 2.66 bits per heavy atom. The van der Waals surface area contributed by atoms with Crippen LogP contribution in [0.3, 0.4) is 0 Å². The van der Waals surface area contributed by atoms with Crippen molar-refractivity contribution >= 4 is 17.4 Å². The molecule has 6 nitrogen and oxygen atoms in total.